The number of rotatable bonds is 2. The smallest absolute Gasteiger partial charge is 0.294 e. The molecule has 3 nitrogen and oxygen atoms in total. The van der Waals surface area contributed by atoms with E-state index in [1.54, 1.807) is 0 Å². The monoisotopic (exact) mass is 227 g/mol. The van der Waals surface area contributed by atoms with E-state index in [1.807, 2.05) is 6.07 Å². The highest BCUT2D eigenvalue weighted by Gasteiger charge is 2.32. The zero-order valence-corrected chi connectivity index (χ0v) is 8.41. The lowest BCUT2D eigenvalue weighted by atomic mass is 10.1. The second-order valence-electron chi connectivity index (χ2n) is 2.96. The van der Waals surface area contributed by atoms with Crippen LogP contribution in [-0.4, -0.2) is 18.2 Å². The predicted molar refractivity (Wildman–Crippen MR) is 52.1 cm³/mol. The van der Waals surface area contributed by atoms with Gasteiger partial charge in [-0.05, 0) is 11.6 Å². The maximum Gasteiger partial charge on any atom is 0.433 e. The lowest BCUT2D eigenvalue weighted by molar-refractivity contribution is -0.141. The van der Waals surface area contributed by atoms with Gasteiger partial charge in [-0.2, -0.15) is 18.4 Å². The number of nitriles is 1. The van der Waals surface area contributed by atoms with Gasteiger partial charge < -0.3 is 0 Å². The zero-order valence-electron chi connectivity index (χ0n) is 8.41. The van der Waals surface area contributed by atoms with E-state index in [2.05, 4.69) is 9.98 Å². The Labute approximate surface area is 90.3 Å². The van der Waals surface area contributed by atoms with Crippen molar-refractivity contribution in [3.05, 3.63) is 29.1 Å². The van der Waals surface area contributed by atoms with Crippen molar-refractivity contribution < 1.29 is 13.2 Å². The Hall–Kier alpha value is -1.90. The molecule has 16 heavy (non-hydrogen) atoms. The Kier molecular flexibility index (Phi) is 3.61. The zero-order chi connectivity index (χ0) is 12.2. The van der Waals surface area contributed by atoms with Crippen LogP contribution in [0.1, 0.15) is 17.0 Å². The number of alkyl halides is 3. The van der Waals surface area contributed by atoms with Gasteiger partial charge in [0.2, 0.25) is 0 Å². The molecule has 0 fully saturated rings. The molecule has 1 heterocycles. The van der Waals surface area contributed by atoms with E-state index in [0.717, 1.165) is 6.07 Å². The van der Waals surface area contributed by atoms with Crippen LogP contribution in [0.3, 0.4) is 0 Å². The van der Waals surface area contributed by atoms with Crippen molar-refractivity contribution in [3.63, 3.8) is 0 Å². The highest BCUT2D eigenvalue weighted by atomic mass is 19.4. The number of aromatic nitrogens is 1. The Bertz CT molecular complexity index is 444. The fourth-order valence-corrected chi connectivity index (χ4v) is 1.13. The van der Waals surface area contributed by atoms with Gasteiger partial charge in [0.15, 0.2) is 0 Å². The molecule has 0 saturated carbocycles. The third-order valence-electron chi connectivity index (χ3n) is 1.82. The van der Waals surface area contributed by atoms with Crippen molar-refractivity contribution in [2.24, 2.45) is 4.99 Å². The normalized spacial score (nSPS) is 11.7. The summed E-state index contributed by atoms with van der Waals surface area (Å²) in [5.74, 6) is 0. The van der Waals surface area contributed by atoms with Gasteiger partial charge in [-0.15, -0.1) is 0 Å². The number of halogens is 3. The second-order valence-corrected chi connectivity index (χ2v) is 2.96. The molecule has 0 aliphatic rings. The third-order valence-corrected chi connectivity index (χ3v) is 1.82. The Balaban J connectivity index is 3.23. The first-order chi connectivity index (χ1) is 7.49. The van der Waals surface area contributed by atoms with E-state index < -0.39 is 11.9 Å². The number of hydrogen-bond acceptors (Lipinski definition) is 3. The predicted octanol–water partition coefficient (Wildman–Crippen LogP) is 2.22. The molecule has 6 heteroatoms. The van der Waals surface area contributed by atoms with Crippen molar-refractivity contribution in [1.29, 1.82) is 5.26 Å². The molecule has 0 aliphatic carbocycles. The first-order valence-electron chi connectivity index (χ1n) is 4.35. The van der Waals surface area contributed by atoms with Gasteiger partial charge in [-0.25, -0.2) is 4.98 Å². The summed E-state index contributed by atoms with van der Waals surface area (Å²) < 4.78 is 37.1. The minimum absolute atomic E-state index is 0.00644. The minimum Gasteiger partial charge on any atom is -0.294 e. The molecule has 0 aromatic carbocycles. The summed E-state index contributed by atoms with van der Waals surface area (Å²) in [5.41, 5.74) is -0.468. The highest BCUT2D eigenvalue weighted by Crippen LogP contribution is 2.28. The maximum absolute atomic E-state index is 12.4. The van der Waals surface area contributed by atoms with Gasteiger partial charge in [-0.1, -0.05) is 6.07 Å². The average molecular weight is 227 g/mol. The molecule has 0 spiro atoms. The number of nitrogens with zero attached hydrogens (tertiary/aromatic N) is 3. The molecule has 1 aromatic heterocycles. The van der Waals surface area contributed by atoms with Crippen molar-refractivity contribution in [1.82, 2.24) is 4.98 Å². The summed E-state index contributed by atoms with van der Waals surface area (Å²) in [6.45, 7) is 0. The summed E-state index contributed by atoms with van der Waals surface area (Å²) >= 11 is 0. The van der Waals surface area contributed by atoms with Gasteiger partial charge in [0.05, 0.1) is 18.2 Å². The molecule has 0 amide bonds. The van der Waals surface area contributed by atoms with Crippen LogP contribution in [0.15, 0.2) is 17.1 Å². The summed E-state index contributed by atoms with van der Waals surface area (Å²) in [7, 11) is 1.43. The Morgan fingerprint density at radius 3 is 2.69 bits per heavy atom. The maximum atomic E-state index is 12.4. The number of hydrogen-bond donors (Lipinski definition) is 0. The van der Waals surface area contributed by atoms with Gasteiger partial charge in [-0.3, -0.25) is 4.99 Å². The van der Waals surface area contributed by atoms with Crippen molar-refractivity contribution in [3.8, 4) is 6.07 Å². The standard InChI is InChI=1S/C10H8F3N3/c1-15-6-8-7(4-5-14)2-3-9(16-8)10(11,12)13/h2-3,6H,4H2,1H3/b15-6-. The van der Waals surface area contributed by atoms with Gasteiger partial charge in [0.1, 0.15) is 5.69 Å². The second kappa shape index (κ2) is 4.75. The molecular weight excluding hydrogens is 219 g/mol. The van der Waals surface area contributed by atoms with Gasteiger partial charge >= 0.3 is 6.18 Å². The van der Waals surface area contributed by atoms with Crippen molar-refractivity contribution in [2.45, 2.75) is 12.6 Å². The first-order valence-corrected chi connectivity index (χ1v) is 4.35. The van der Waals surface area contributed by atoms with Crippen LogP contribution in [0.5, 0.6) is 0 Å². The topological polar surface area (TPSA) is 49.0 Å². The highest BCUT2D eigenvalue weighted by molar-refractivity contribution is 5.79. The molecule has 0 radical (unpaired) electrons. The van der Waals surface area contributed by atoms with E-state index >= 15 is 0 Å². The SMILES string of the molecule is C/N=C\c1nc(C(F)(F)F)ccc1CC#N. The van der Waals surface area contributed by atoms with Crippen LogP contribution in [0, 0.1) is 11.3 Å². The van der Waals surface area contributed by atoms with Gasteiger partial charge in [0.25, 0.3) is 0 Å². The molecule has 0 aliphatic heterocycles. The van der Waals surface area contributed by atoms with Crippen LogP contribution < -0.4 is 0 Å². The molecule has 1 rings (SSSR count). The number of aliphatic imine (C=N–C) groups is 1. The van der Waals surface area contributed by atoms with Crippen LogP contribution in [0.2, 0.25) is 0 Å². The molecule has 0 bridgehead atoms. The van der Waals surface area contributed by atoms with Crippen LogP contribution in [-0.2, 0) is 12.6 Å². The molecule has 84 valence electrons. The Morgan fingerprint density at radius 2 is 2.19 bits per heavy atom. The van der Waals surface area contributed by atoms with Crippen LogP contribution in [0.25, 0.3) is 0 Å². The van der Waals surface area contributed by atoms with Crippen molar-refractivity contribution in [2.75, 3.05) is 7.05 Å². The van der Waals surface area contributed by atoms with E-state index in [0.29, 0.717) is 5.56 Å². The summed E-state index contributed by atoms with van der Waals surface area (Å²) in [5, 5.41) is 8.50. The van der Waals surface area contributed by atoms with E-state index in [-0.39, 0.29) is 12.1 Å². The molecule has 1 aromatic rings. The molecular formula is C10H8F3N3. The molecule has 0 atom stereocenters. The largest absolute Gasteiger partial charge is 0.433 e. The number of pyridine rings is 1. The molecule has 0 N–H and O–H groups in total. The fraction of sp³-hybridized carbons (Fsp3) is 0.300. The summed E-state index contributed by atoms with van der Waals surface area (Å²) in [6.07, 6.45) is -3.27. The lowest BCUT2D eigenvalue weighted by Gasteiger charge is -2.08. The lowest BCUT2D eigenvalue weighted by Crippen LogP contribution is -2.10. The first kappa shape index (κ1) is 12.2. The van der Waals surface area contributed by atoms with Gasteiger partial charge in [0, 0.05) is 13.3 Å². The minimum atomic E-state index is -4.48. The van der Waals surface area contributed by atoms with Crippen molar-refractivity contribution >= 4 is 6.21 Å². The Morgan fingerprint density at radius 1 is 1.50 bits per heavy atom. The average Bonchev–Trinajstić information content (AvgIpc) is 2.19. The fourth-order valence-electron chi connectivity index (χ4n) is 1.13. The van der Waals surface area contributed by atoms with Crippen LogP contribution >= 0.6 is 0 Å². The summed E-state index contributed by atoms with van der Waals surface area (Å²) in [6, 6.07) is 3.96. The quantitative estimate of drug-likeness (QED) is 0.727. The van der Waals surface area contributed by atoms with E-state index in [4.69, 9.17) is 5.26 Å². The third kappa shape index (κ3) is 2.79. The van der Waals surface area contributed by atoms with Crippen LogP contribution in [0.4, 0.5) is 13.2 Å². The molecule has 0 unspecified atom stereocenters. The van der Waals surface area contributed by atoms with E-state index in [9.17, 15) is 13.2 Å². The summed E-state index contributed by atoms with van der Waals surface area (Å²) in [4.78, 5) is 7.03. The molecule has 0 saturated heterocycles. The van der Waals surface area contributed by atoms with E-state index in [1.165, 1.54) is 19.3 Å².